The van der Waals surface area contributed by atoms with Gasteiger partial charge in [0.25, 0.3) is 0 Å². The van der Waals surface area contributed by atoms with Gasteiger partial charge in [-0.1, -0.05) is 60.7 Å². The lowest BCUT2D eigenvalue weighted by molar-refractivity contribution is 0.280. The second kappa shape index (κ2) is 10.1. The molecule has 0 amide bonds. The van der Waals surface area contributed by atoms with E-state index in [-0.39, 0.29) is 13.2 Å². The Balaban J connectivity index is 1.87. The van der Waals surface area contributed by atoms with Gasteiger partial charge in [-0.15, -0.1) is 0 Å². The lowest BCUT2D eigenvalue weighted by Gasteiger charge is -2.10. The Morgan fingerprint density at radius 1 is 0.438 bits per heavy atom. The Bertz CT molecular complexity index is 1100. The van der Waals surface area contributed by atoms with Gasteiger partial charge >= 0.3 is 0 Å². The van der Waals surface area contributed by atoms with E-state index in [2.05, 4.69) is 88.4 Å². The molecule has 0 heterocycles. The molecule has 166 valence electrons. The summed E-state index contributed by atoms with van der Waals surface area (Å²) in [5, 5.41) is 18.9. The van der Waals surface area contributed by atoms with Crippen LogP contribution in [-0.4, -0.2) is 10.2 Å². The van der Waals surface area contributed by atoms with Gasteiger partial charge in [0.2, 0.25) is 0 Å². The molecule has 0 aliphatic rings. The van der Waals surface area contributed by atoms with Gasteiger partial charge < -0.3 is 10.2 Å². The Morgan fingerprint density at radius 2 is 0.688 bits per heavy atom. The Kier molecular flexibility index (Phi) is 7.50. The highest BCUT2D eigenvalue weighted by Gasteiger charge is 2.05. The zero-order valence-corrected chi connectivity index (χ0v) is 20.1. The third-order valence-electron chi connectivity index (χ3n) is 6.33. The van der Waals surface area contributed by atoms with Gasteiger partial charge in [-0.25, -0.2) is 0 Å². The van der Waals surface area contributed by atoms with Gasteiger partial charge in [-0.2, -0.15) is 0 Å². The maximum Gasteiger partial charge on any atom is 0.0684 e. The predicted octanol–water partition coefficient (Wildman–Crippen LogP) is 6.86. The minimum Gasteiger partial charge on any atom is -0.392 e. The number of aryl methyl sites for hydroxylation is 6. The summed E-state index contributed by atoms with van der Waals surface area (Å²) in [6, 6.07) is 12.9. The summed E-state index contributed by atoms with van der Waals surface area (Å²) in [5.41, 5.74) is 13.8. The van der Waals surface area contributed by atoms with Crippen LogP contribution in [0, 0.1) is 41.5 Å². The maximum atomic E-state index is 9.47. The minimum absolute atomic E-state index is 0.0780. The average Bonchev–Trinajstić information content (AvgIpc) is 2.76. The third kappa shape index (κ3) is 5.27. The van der Waals surface area contributed by atoms with Crippen molar-refractivity contribution >= 4 is 24.3 Å². The minimum atomic E-state index is 0.0780. The van der Waals surface area contributed by atoms with E-state index < -0.39 is 0 Å². The van der Waals surface area contributed by atoms with Crippen molar-refractivity contribution in [2.75, 3.05) is 0 Å². The fourth-order valence-electron chi connectivity index (χ4n) is 4.08. The molecule has 0 bridgehead atoms. The van der Waals surface area contributed by atoms with Crippen LogP contribution in [0.2, 0.25) is 0 Å². The topological polar surface area (TPSA) is 40.5 Å². The van der Waals surface area contributed by atoms with Gasteiger partial charge in [-0.3, -0.25) is 0 Å². The highest BCUT2D eigenvalue weighted by molar-refractivity contribution is 5.77. The van der Waals surface area contributed by atoms with Gasteiger partial charge in [0.05, 0.1) is 13.2 Å². The van der Waals surface area contributed by atoms with Crippen molar-refractivity contribution in [2.45, 2.75) is 54.8 Å². The summed E-state index contributed by atoms with van der Waals surface area (Å²) in [6.45, 7) is 12.7. The van der Waals surface area contributed by atoms with Crippen LogP contribution in [-0.2, 0) is 13.2 Å². The van der Waals surface area contributed by atoms with E-state index in [1.807, 2.05) is 13.8 Å². The van der Waals surface area contributed by atoms with Crippen LogP contribution in [0.25, 0.3) is 24.3 Å². The lowest BCUT2D eigenvalue weighted by atomic mass is 9.95. The first-order valence-electron chi connectivity index (χ1n) is 11.1. The van der Waals surface area contributed by atoms with Crippen molar-refractivity contribution in [1.82, 2.24) is 0 Å². The molecular formula is C30H34O2. The molecule has 0 aromatic heterocycles. The van der Waals surface area contributed by atoms with E-state index in [1.165, 1.54) is 44.5 Å². The number of rotatable bonds is 6. The van der Waals surface area contributed by atoms with Gasteiger partial charge in [0.15, 0.2) is 0 Å². The zero-order chi connectivity index (χ0) is 23.4. The molecule has 0 aliphatic carbocycles. The van der Waals surface area contributed by atoms with E-state index in [4.69, 9.17) is 0 Å². The summed E-state index contributed by atoms with van der Waals surface area (Å²) in [4.78, 5) is 0. The van der Waals surface area contributed by atoms with Crippen LogP contribution >= 0.6 is 0 Å². The molecule has 2 N–H and O–H groups in total. The van der Waals surface area contributed by atoms with Crippen LogP contribution in [0.4, 0.5) is 0 Å². The molecule has 3 rings (SSSR count). The van der Waals surface area contributed by atoms with Gasteiger partial charge in [0, 0.05) is 0 Å². The van der Waals surface area contributed by atoms with Gasteiger partial charge in [-0.05, 0) is 108 Å². The monoisotopic (exact) mass is 426 g/mol. The standard InChI is InChI=1S/C30H34O2/c1-19-11-26(8-10-28-14-24(6)30(18-32)16-22(28)4)20(2)12-25(19)7-9-27-13-23(5)29(17-31)15-21(27)3/h7-16,31-32H,17-18H2,1-6H3/b9-7+,10-8+. The SMILES string of the molecule is Cc1cc(/C=C/c2cc(C)c(CO)cc2C)c(C)cc1/C=C/c1cc(C)c(CO)cc1C. The molecule has 0 atom stereocenters. The summed E-state index contributed by atoms with van der Waals surface area (Å²) in [5.74, 6) is 0. The number of aliphatic hydroxyl groups excluding tert-OH is 2. The first-order chi connectivity index (χ1) is 15.2. The summed E-state index contributed by atoms with van der Waals surface area (Å²) < 4.78 is 0. The third-order valence-corrected chi connectivity index (χ3v) is 6.33. The molecule has 2 heteroatoms. The maximum absolute atomic E-state index is 9.47. The quantitative estimate of drug-likeness (QED) is 0.423. The van der Waals surface area contributed by atoms with E-state index in [1.54, 1.807) is 0 Å². The van der Waals surface area contributed by atoms with Crippen LogP contribution in [0.15, 0.2) is 36.4 Å². The molecule has 0 aliphatic heterocycles. The van der Waals surface area contributed by atoms with Crippen LogP contribution < -0.4 is 0 Å². The van der Waals surface area contributed by atoms with Crippen molar-refractivity contribution < 1.29 is 10.2 Å². The molecule has 0 unspecified atom stereocenters. The summed E-state index contributed by atoms with van der Waals surface area (Å²) in [6.07, 6.45) is 8.68. The molecule has 0 saturated heterocycles. The lowest BCUT2D eigenvalue weighted by Crippen LogP contribution is -1.93. The van der Waals surface area contributed by atoms with E-state index >= 15 is 0 Å². The summed E-state index contributed by atoms with van der Waals surface area (Å²) in [7, 11) is 0. The van der Waals surface area contributed by atoms with Crippen LogP contribution in [0.3, 0.4) is 0 Å². The largest absolute Gasteiger partial charge is 0.392 e. The molecule has 0 fully saturated rings. The fraction of sp³-hybridized carbons (Fsp3) is 0.267. The Labute approximate surface area is 192 Å². The second-order valence-electron chi connectivity index (χ2n) is 8.82. The Morgan fingerprint density at radius 3 is 0.969 bits per heavy atom. The highest BCUT2D eigenvalue weighted by atomic mass is 16.3. The second-order valence-corrected chi connectivity index (χ2v) is 8.82. The fourth-order valence-corrected chi connectivity index (χ4v) is 4.08. The molecule has 32 heavy (non-hydrogen) atoms. The Hall–Kier alpha value is -2.94. The van der Waals surface area contributed by atoms with Crippen LogP contribution in [0.5, 0.6) is 0 Å². The number of hydrogen-bond donors (Lipinski definition) is 2. The van der Waals surface area contributed by atoms with Crippen molar-refractivity contribution in [3.63, 3.8) is 0 Å². The van der Waals surface area contributed by atoms with Crippen LogP contribution in [0.1, 0.15) is 66.8 Å². The first-order valence-corrected chi connectivity index (χ1v) is 11.1. The van der Waals surface area contributed by atoms with E-state index in [9.17, 15) is 10.2 Å². The summed E-state index contributed by atoms with van der Waals surface area (Å²) >= 11 is 0. The average molecular weight is 427 g/mol. The first kappa shape index (κ1) is 23.7. The van der Waals surface area contributed by atoms with Gasteiger partial charge in [0.1, 0.15) is 0 Å². The van der Waals surface area contributed by atoms with Crippen molar-refractivity contribution in [2.24, 2.45) is 0 Å². The van der Waals surface area contributed by atoms with Crippen molar-refractivity contribution in [1.29, 1.82) is 0 Å². The number of benzene rings is 3. The molecule has 0 saturated carbocycles. The highest BCUT2D eigenvalue weighted by Crippen LogP contribution is 2.24. The number of aliphatic hydroxyl groups is 2. The van der Waals surface area contributed by atoms with Crippen molar-refractivity contribution in [3.8, 4) is 0 Å². The molecule has 3 aromatic carbocycles. The van der Waals surface area contributed by atoms with E-state index in [0.29, 0.717) is 0 Å². The molecule has 0 radical (unpaired) electrons. The smallest absolute Gasteiger partial charge is 0.0684 e. The zero-order valence-electron chi connectivity index (χ0n) is 20.1. The predicted molar refractivity (Wildman–Crippen MR) is 137 cm³/mol. The number of hydrogen-bond acceptors (Lipinski definition) is 2. The molecule has 3 aromatic rings. The molecular weight excluding hydrogens is 392 g/mol. The molecule has 2 nitrogen and oxygen atoms in total. The normalized spacial score (nSPS) is 11.8. The van der Waals surface area contributed by atoms with Crippen molar-refractivity contribution in [3.05, 3.63) is 103 Å². The van der Waals surface area contributed by atoms with E-state index in [0.717, 1.165) is 22.3 Å². The molecule has 0 spiro atoms.